The van der Waals surface area contributed by atoms with Crippen molar-refractivity contribution in [3.05, 3.63) is 0 Å². The van der Waals surface area contributed by atoms with Crippen molar-refractivity contribution < 1.29 is 14.6 Å². The first kappa shape index (κ1) is 11.5. The Kier molecular flexibility index (Phi) is 4.35. The molecule has 0 aromatic carbocycles. The van der Waals surface area contributed by atoms with Gasteiger partial charge in [-0.05, 0) is 6.42 Å². The first-order valence-electron chi connectivity index (χ1n) is 5.22. The molecule has 4 nitrogen and oxygen atoms in total. The highest BCUT2D eigenvalue weighted by Gasteiger charge is 2.45. The molecule has 1 heterocycles. The highest BCUT2D eigenvalue weighted by molar-refractivity contribution is 5.83. The number of ether oxygens (including phenoxy) is 1. The fraction of sp³-hybridized carbons (Fsp3) is 0.900. The number of amides is 1. The average molecular weight is 201 g/mol. The fourth-order valence-electron chi connectivity index (χ4n) is 1.41. The second-order valence-corrected chi connectivity index (χ2v) is 3.89. The van der Waals surface area contributed by atoms with Crippen LogP contribution in [0.1, 0.15) is 26.2 Å². The number of aliphatic hydroxyl groups is 1. The molecule has 1 fully saturated rings. The predicted molar refractivity (Wildman–Crippen MR) is 52.9 cm³/mol. The minimum Gasteiger partial charge on any atom is -0.395 e. The lowest BCUT2D eigenvalue weighted by Crippen LogP contribution is -2.56. The van der Waals surface area contributed by atoms with Gasteiger partial charge in [-0.3, -0.25) is 4.79 Å². The van der Waals surface area contributed by atoms with Gasteiger partial charge < -0.3 is 15.2 Å². The van der Waals surface area contributed by atoms with Gasteiger partial charge in [-0.2, -0.15) is 0 Å². The maximum Gasteiger partial charge on any atom is 0.233 e. The lowest BCUT2D eigenvalue weighted by molar-refractivity contribution is -0.170. The third-order valence-electron chi connectivity index (χ3n) is 2.61. The molecular formula is C10H19NO3. The summed E-state index contributed by atoms with van der Waals surface area (Å²) in [5, 5.41) is 11.9. The molecular weight excluding hydrogens is 182 g/mol. The monoisotopic (exact) mass is 201 g/mol. The van der Waals surface area contributed by atoms with Gasteiger partial charge in [-0.25, -0.2) is 0 Å². The lowest BCUT2D eigenvalue weighted by Gasteiger charge is -2.38. The topological polar surface area (TPSA) is 58.6 Å². The van der Waals surface area contributed by atoms with Crippen LogP contribution in [0.5, 0.6) is 0 Å². The van der Waals surface area contributed by atoms with Crippen molar-refractivity contribution in [3.63, 3.8) is 0 Å². The molecule has 1 saturated heterocycles. The quantitative estimate of drug-likeness (QED) is 0.608. The largest absolute Gasteiger partial charge is 0.395 e. The Morgan fingerprint density at radius 3 is 2.64 bits per heavy atom. The van der Waals surface area contributed by atoms with E-state index >= 15 is 0 Å². The third-order valence-corrected chi connectivity index (χ3v) is 2.61. The molecule has 2 N–H and O–H groups in total. The zero-order chi connectivity index (χ0) is 10.4. The number of nitrogens with one attached hydrogen (secondary N) is 1. The molecule has 1 amide bonds. The first-order valence-corrected chi connectivity index (χ1v) is 5.22. The number of carbonyl (C=O) groups is 1. The predicted octanol–water partition coefficient (Wildman–Crippen LogP) is 0.302. The molecule has 0 unspecified atom stereocenters. The van der Waals surface area contributed by atoms with Gasteiger partial charge in [-0.1, -0.05) is 19.8 Å². The molecule has 0 aliphatic carbocycles. The Morgan fingerprint density at radius 2 is 2.21 bits per heavy atom. The van der Waals surface area contributed by atoms with Gasteiger partial charge >= 0.3 is 0 Å². The summed E-state index contributed by atoms with van der Waals surface area (Å²) in [5.41, 5.74) is -0.647. The van der Waals surface area contributed by atoms with E-state index in [9.17, 15) is 4.79 Å². The number of aliphatic hydroxyl groups excluding tert-OH is 1. The third kappa shape index (κ3) is 2.45. The minimum absolute atomic E-state index is 0.0673. The van der Waals surface area contributed by atoms with Crippen LogP contribution in [0.15, 0.2) is 0 Å². The highest BCUT2D eigenvalue weighted by Crippen LogP contribution is 2.26. The van der Waals surface area contributed by atoms with Gasteiger partial charge in [0.05, 0.1) is 19.8 Å². The molecule has 1 aliphatic heterocycles. The van der Waals surface area contributed by atoms with Crippen molar-refractivity contribution in [1.29, 1.82) is 0 Å². The van der Waals surface area contributed by atoms with Crippen molar-refractivity contribution in [2.45, 2.75) is 26.2 Å². The summed E-state index contributed by atoms with van der Waals surface area (Å²) in [5.74, 6) is -0.0673. The Balaban J connectivity index is 2.20. The lowest BCUT2D eigenvalue weighted by atomic mass is 9.86. The van der Waals surface area contributed by atoms with Gasteiger partial charge in [0, 0.05) is 6.54 Å². The second-order valence-electron chi connectivity index (χ2n) is 3.89. The van der Waals surface area contributed by atoms with Crippen LogP contribution in [0, 0.1) is 5.41 Å². The van der Waals surface area contributed by atoms with E-state index in [2.05, 4.69) is 12.2 Å². The van der Waals surface area contributed by atoms with Gasteiger partial charge in [-0.15, -0.1) is 0 Å². The van der Waals surface area contributed by atoms with Crippen molar-refractivity contribution in [2.24, 2.45) is 5.41 Å². The molecule has 0 radical (unpaired) electrons. The maximum absolute atomic E-state index is 11.6. The molecule has 0 aromatic rings. The number of unbranched alkanes of at least 4 members (excludes halogenated alkanes) is 2. The summed E-state index contributed by atoms with van der Waals surface area (Å²) in [6, 6.07) is 0. The number of carbonyl (C=O) groups excluding carboxylic acids is 1. The van der Waals surface area contributed by atoms with E-state index in [0.29, 0.717) is 19.8 Å². The van der Waals surface area contributed by atoms with Crippen LogP contribution in [0.3, 0.4) is 0 Å². The number of rotatable bonds is 6. The molecule has 0 saturated carbocycles. The van der Waals surface area contributed by atoms with E-state index in [1.165, 1.54) is 0 Å². The molecule has 82 valence electrons. The Morgan fingerprint density at radius 1 is 1.50 bits per heavy atom. The van der Waals surface area contributed by atoms with Crippen molar-refractivity contribution in [1.82, 2.24) is 5.32 Å². The smallest absolute Gasteiger partial charge is 0.233 e. The van der Waals surface area contributed by atoms with E-state index in [0.717, 1.165) is 19.3 Å². The van der Waals surface area contributed by atoms with Gasteiger partial charge in [0.2, 0.25) is 5.91 Å². The van der Waals surface area contributed by atoms with Gasteiger partial charge in [0.15, 0.2) is 0 Å². The van der Waals surface area contributed by atoms with Crippen molar-refractivity contribution in [2.75, 3.05) is 26.4 Å². The Hall–Kier alpha value is -0.610. The summed E-state index contributed by atoms with van der Waals surface area (Å²) in [6.45, 7) is 3.41. The van der Waals surface area contributed by atoms with E-state index in [4.69, 9.17) is 9.84 Å². The zero-order valence-corrected chi connectivity index (χ0v) is 8.71. The molecule has 1 aliphatic rings. The first-order chi connectivity index (χ1) is 6.75. The zero-order valence-electron chi connectivity index (χ0n) is 8.71. The van der Waals surface area contributed by atoms with Crippen LogP contribution in [0.4, 0.5) is 0 Å². The van der Waals surface area contributed by atoms with Crippen LogP contribution in [-0.4, -0.2) is 37.4 Å². The van der Waals surface area contributed by atoms with Crippen LogP contribution >= 0.6 is 0 Å². The Bertz CT molecular complexity index is 184. The molecule has 14 heavy (non-hydrogen) atoms. The van der Waals surface area contributed by atoms with Crippen LogP contribution in [-0.2, 0) is 9.53 Å². The summed E-state index contributed by atoms with van der Waals surface area (Å²) < 4.78 is 4.96. The molecule has 0 spiro atoms. The number of hydrogen-bond donors (Lipinski definition) is 2. The van der Waals surface area contributed by atoms with E-state index in [1.54, 1.807) is 0 Å². The van der Waals surface area contributed by atoms with Crippen LogP contribution < -0.4 is 5.32 Å². The summed E-state index contributed by atoms with van der Waals surface area (Å²) >= 11 is 0. The molecule has 0 atom stereocenters. The normalized spacial score (nSPS) is 18.7. The molecule has 0 aromatic heterocycles. The molecule has 4 heteroatoms. The van der Waals surface area contributed by atoms with Crippen molar-refractivity contribution in [3.8, 4) is 0 Å². The minimum atomic E-state index is -0.647. The van der Waals surface area contributed by atoms with Crippen molar-refractivity contribution >= 4 is 5.91 Å². The van der Waals surface area contributed by atoms with Crippen LogP contribution in [0.2, 0.25) is 0 Å². The molecule has 0 bridgehead atoms. The fourth-order valence-corrected chi connectivity index (χ4v) is 1.41. The van der Waals surface area contributed by atoms with E-state index in [-0.39, 0.29) is 12.5 Å². The summed E-state index contributed by atoms with van der Waals surface area (Å²) in [4.78, 5) is 11.6. The number of hydrogen-bond acceptors (Lipinski definition) is 3. The second kappa shape index (κ2) is 5.32. The summed E-state index contributed by atoms with van der Waals surface area (Å²) in [7, 11) is 0. The summed E-state index contributed by atoms with van der Waals surface area (Å²) in [6.07, 6.45) is 3.28. The SMILES string of the molecule is CCCCCNC(=O)C1(CO)COC1. The molecule has 1 rings (SSSR count). The highest BCUT2D eigenvalue weighted by atomic mass is 16.5. The van der Waals surface area contributed by atoms with E-state index in [1.807, 2.05) is 0 Å². The van der Waals surface area contributed by atoms with Gasteiger partial charge in [0.1, 0.15) is 5.41 Å². The maximum atomic E-state index is 11.6. The van der Waals surface area contributed by atoms with Gasteiger partial charge in [0.25, 0.3) is 0 Å². The standard InChI is InChI=1S/C10H19NO3/c1-2-3-4-5-11-9(13)10(6-12)7-14-8-10/h12H,2-8H2,1H3,(H,11,13). The van der Waals surface area contributed by atoms with E-state index < -0.39 is 5.41 Å². The Labute approximate surface area is 84.6 Å². The van der Waals surface area contributed by atoms with Crippen LogP contribution in [0.25, 0.3) is 0 Å². The average Bonchev–Trinajstić information content (AvgIpc) is 2.12.